The number of amides is 1. The highest BCUT2D eigenvalue weighted by molar-refractivity contribution is 7.89. The predicted octanol–water partition coefficient (Wildman–Crippen LogP) is 2.31. The van der Waals surface area contributed by atoms with Gasteiger partial charge in [0.2, 0.25) is 15.6 Å². The number of rotatable bonds is 7. The number of hydrogen-bond donors (Lipinski definition) is 2. The summed E-state index contributed by atoms with van der Waals surface area (Å²) in [6, 6.07) is 5.78. The summed E-state index contributed by atoms with van der Waals surface area (Å²) in [5, 5.41) is 3.33. The maximum Gasteiger partial charge on any atom is 0.252 e. The van der Waals surface area contributed by atoms with E-state index in [1.165, 1.54) is 31.0 Å². The molecule has 0 bridgehead atoms. The number of carbonyl (C=O) groups excluding carboxylic acids is 1. The third-order valence-corrected chi connectivity index (χ3v) is 8.55. The van der Waals surface area contributed by atoms with Gasteiger partial charge in [0.25, 0.3) is 5.91 Å². The predicted molar refractivity (Wildman–Crippen MR) is 124 cm³/mol. The monoisotopic (exact) mass is 460 g/mol. The lowest BCUT2D eigenvalue weighted by atomic mass is 10.1. The van der Waals surface area contributed by atoms with Gasteiger partial charge in [0.15, 0.2) is 0 Å². The number of nitrogens with zero attached hydrogens (tertiary/aromatic N) is 2. The highest BCUT2D eigenvalue weighted by atomic mass is 32.2. The summed E-state index contributed by atoms with van der Waals surface area (Å²) in [6.07, 6.45) is 5.99. The smallest absolute Gasteiger partial charge is 0.252 e. The van der Waals surface area contributed by atoms with Crippen LogP contribution in [0.3, 0.4) is 0 Å². The zero-order chi connectivity index (χ0) is 22.7. The van der Waals surface area contributed by atoms with Crippen molar-refractivity contribution in [1.82, 2.24) is 19.5 Å². The first-order chi connectivity index (χ1) is 15.4. The first-order valence-electron chi connectivity index (χ1n) is 11.6. The van der Waals surface area contributed by atoms with Crippen molar-refractivity contribution in [1.29, 1.82) is 0 Å². The fraction of sp³-hybridized carbons (Fsp3) is 0.565. The van der Waals surface area contributed by atoms with Crippen molar-refractivity contribution in [3.05, 3.63) is 40.2 Å². The summed E-state index contributed by atoms with van der Waals surface area (Å²) in [5.41, 5.74) is 0.263. The van der Waals surface area contributed by atoms with E-state index in [4.69, 9.17) is 0 Å². The van der Waals surface area contributed by atoms with E-state index in [2.05, 4.69) is 15.2 Å². The summed E-state index contributed by atoms with van der Waals surface area (Å²) < 4.78 is 28.1. The molecule has 0 unspecified atom stereocenters. The van der Waals surface area contributed by atoms with Crippen molar-refractivity contribution in [3.8, 4) is 0 Å². The van der Waals surface area contributed by atoms with Crippen LogP contribution in [0.1, 0.15) is 55.8 Å². The molecule has 174 valence electrons. The molecule has 8 nitrogen and oxygen atoms in total. The van der Waals surface area contributed by atoms with E-state index in [9.17, 15) is 18.0 Å². The molecule has 1 amide bonds. The zero-order valence-corrected chi connectivity index (χ0v) is 19.4. The summed E-state index contributed by atoms with van der Waals surface area (Å²) in [7, 11) is -3.68. The number of hydrogen-bond acceptors (Lipinski definition) is 5. The molecule has 9 heteroatoms. The van der Waals surface area contributed by atoms with E-state index < -0.39 is 10.0 Å². The van der Waals surface area contributed by atoms with Crippen LogP contribution in [0, 0.1) is 0 Å². The maximum atomic E-state index is 13.3. The van der Waals surface area contributed by atoms with Crippen molar-refractivity contribution >= 4 is 26.8 Å². The number of H-pyrrole nitrogens is 1. The number of sulfonamides is 1. The topological polar surface area (TPSA) is 103 Å². The second kappa shape index (κ2) is 9.72. The Balaban J connectivity index is 1.56. The van der Waals surface area contributed by atoms with Crippen LogP contribution in [-0.2, 0) is 10.0 Å². The molecule has 2 aliphatic heterocycles. The van der Waals surface area contributed by atoms with E-state index in [0.29, 0.717) is 24.0 Å². The zero-order valence-electron chi connectivity index (χ0n) is 18.6. The first-order valence-corrected chi connectivity index (χ1v) is 13.0. The van der Waals surface area contributed by atoms with Crippen LogP contribution in [0.5, 0.6) is 0 Å². The lowest BCUT2D eigenvalue weighted by Crippen LogP contribution is -2.41. The second-order valence-electron chi connectivity index (χ2n) is 8.87. The molecule has 4 rings (SSSR count). The number of benzene rings is 1. The van der Waals surface area contributed by atoms with Gasteiger partial charge in [-0.2, -0.15) is 4.31 Å². The number of piperidine rings is 1. The molecule has 3 heterocycles. The third-order valence-electron chi connectivity index (χ3n) is 6.54. The Morgan fingerprint density at radius 1 is 1.12 bits per heavy atom. The number of aromatic amines is 1. The Labute approximate surface area is 189 Å². The molecular weight excluding hydrogens is 428 g/mol. The molecule has 0 spiro atoms. The first kappa shape index (κ1) is 22.9. The number of nitrogens with one attached hydrogen (secondary N) is 2. The van der Waals surface area contributed by atoms with Gasteiger partial charge < -0.3 is 15.2 Å². The van der Waals surface area contributed by atoms with Crippen LogP contribution >= 0.6 is 0 Å². The minimum atomic E-state index is -3.68. The second-order valence-corrected chi connectivity index (χ2v) is 10.8. The molecule has 2 aromatic rings. The van der Waals surface area contributed by atoms with Gasteiger partial charge in [0, 0.05) is 36.1 Å². The molecule has 2 saturated heterocycles. The van der Waals surface area contributed by atoms with Crippen LogP contribution in [0.4, 0.5) is 0 Å². The Morgan fingerprint density at radius 3 is 2.62 bits per heavy atom. The number of pyridine rings is 1. The van der Waals surface area contributed by atoms with Gasteiger partial charge in [-0.05, 0) is 76.9 Å². The van der Waals surface area contributed by atoms with E-state index in [0.717, 1.165) is 45.3 Å². The summed E-state index contributed by atoms with van der Waals surface area (Å²) in [4.78, 5) is 30.2. The fourth-order valence-electron chi connectivity index (χ4n) is 4.75. The van der Waals surface area contributed by atoms with Gasteiger partial charge >= 0.3 is 0 Å². The number of likely N-dealkylation sites (tertiary alicyclic amines) is 1. The molecule has 1 atom stereocenters. The Hall–Kier alpha value is -2.23. The van der Waals surface area contributed by atoms with Crippen molar-refractivity contribution in [2.75, 3.05) is 32.7 Å². The minimum absolute atomic E-state index is 0.0570. The molecule has 0 radical (unpaired) electrons. The van der Waals surface area contributed by atoms with Crippen LogP contribution in [0.2, 0.25) is 0 Å². The largest absolute Gasteiger partial charge is 0.352 e. The minimum Gasteiger partial charge on any atom is -0.352 e. The number of fused-ring (bicyclic) bond motifs is 1. The van der Waals surface area contributed by atoms with Crippen molar-refractivity contribution in [3.63, 3.8) is 0 Å². The Morgan fingerprint density at radius 2 is 1.88 bits per heavy atom. The van der Waals surface area contributed by atoms with Gasteiger partial charge in [0.1, 0.15) is 0 Å². The number of aromatic nitrogens is 1. The van der Waals surface area contributed by atoms with Crippen LogP contribution in [-0.4, -0.2) is 67.3 Å². The molecule has 1 aromatic carbocycles. The Bertz CT molecular complexity index is 1140. The molecule has 1 aromatic heterocycles. The molecule has 32 heavy (non-hydrogen) atoms. The van der Waals surface area contributed by atoms with E-state index in [1.807, 2.05) is 6.92 Å². The van der Waals surface area contributed by atoms with Crippen LogP contribution in [0.25, 0.3) is 10.9 Å². The van der Waals surface area contributed by atoms with Crippen molar-refractivity contribution in [2.45, 2.75) is 56.4 Å². The average molecular weight is 461 g/mol. The van der Waals surface area contributed by atoms with Gasteiger partial charge in [-0.25, -0.2) is 8.42 Å². The van der Waals surface area contributed by atoms with E-state index in [-0.39, 0.29) is 28.0 Å². The summed E-state index contributed by atoms with van der Waals surface area (Å²) in [5.74, 6) is -0.358. The Kier molecular flexibility index (Phi) is 6.97. The van der Waals surface area contributed by atoms with E-state index in [1.54, 1.807) is 10.4 Å². The molecular formula is C23H32N4O4S. The number of carbonyl (C=O) groups is 1. The van der Waals surface area contributed by atoms with Gasteiger partial charge in [-0.1, -0.05) is 6.42 Å². The third kappa shape index (κ3) is 4.89. The lowest BCUT2D eigenvalue weighted by Gasteiger charge is -2.32. The standard InChI is InChI=1S/C23H32N4O4S/c1-17-7-2-3-14-27(17)32(30,31)18-8-9-21-19(15-18)20(16-22(28)25-21)23(29)24-10-6-13-26-11-4-5-12-26/h8-9,15-17H,2-7,10-14H2,1H3,(H,24,29)(H,25,28)/t17-/m0/s1. The van der Waals surface area contributed by atoms with Crippen molar-refractivity contribution in [2.24, 2.45) is 0 Å². The van der Waals surface area contributed by atoms with Gasteiger partial charge in [0.05, 0.1) is 10.5 Å². The van der Waals surface area contributed by atoms with Crippen LogP contribution < -0.4 is 10.9 Å². The molecule has 0 aliphatic carbocycles. The van der Waals surface area contributed by atoms with Crippen LogP contribution in [0.15, 0.2) is 34.0 Å². The molecule has 0 saturated carbocycles. The normalized spacial score (nSPS) is 20.6. The molecule has 2 aliphatic rings. The maximum absolute atomic E-state index is 13.3. The fourth-order valence-corrected chi connectivity index (χ4v) is 6.48. The molecule has 2 fully saturated rings. The molecule has 2 N–H and O–H groups in total. The highest BCUT2D eigenvalue weighted by Gasteiger charge is 2.31. The van der Waals surface area contributed by atoms with Gasteiger partial charge in [-0.15, -0.1) is 0 Å². The quantitative estimate of drug-likeness (QED) is 0.618. The summed E-state index contributed by atoms with van der Waals surface area (Å²) in [6.45, 7) is 6.09. The lowest BCUT2D eigenvalue weighted by molar-refractivity contribution is 0.0953. The van der Waals surface area contributed by atoms with Crippen molar-refractivity contribution < 1.29 is 13.2 Å². The SMILES string of the molecule is C[C@H]1CCCCN1S(=O)(=O)c1ccc2[nH]c(=O)cc(C(=O)NCCCN3CCCC3)c2c1. The van der Waals surface area contributed by atoms with Gasteiger partial charge in [-0.3, -0.25) is 9.59 Å². The highest BCUT2D eigenvalue weighted by Crippen LogP contribution is 2.27. The summed E-state index contributed by atoms with van der Waals surface area (Å²) >= 11 is 0. The average Bonchev–Trinajstić information content (AvgIpc) is 3.29. The van der Waals surface area contributed by atoms with E-state index >= 15 is 0 Å².